The molecule has 0 N–H and O–H groups in total. The molecular formula is C20H24O3. The lowest BCUT2D eigenvalue weighted by Crippen LogP contribution is -2.31. The zero-order valence-electron chi connectivity index (χ0n) is 14.0. The molecule has 2 aromatic rings. The molecule has 0 saturated heterocycles. The Morgan fingerprint density at radius 1 is 1.00 bits per heavy atom. The van der Waals surface area contributed by atoms with Gasteiger partial charge in [0, 0.05) is 0 Å². The molecule has 0 amide bonds. The molecule has 0 radical (unpaired) electrons. The summed E-state index contributed by atoms with van der Waals surface area (Å²) in [4.78, 5) is 12.3. The number of para-hydroxylation sites is 1. The molecule has 0 saturated carbocycles. The van der Waals surface area contributed by atoms with Crippen LogP contribution in [-0.2, 0) is 14.9 Å². The second-order valence-electron chi connectivity index (χ2n) is 6.06. The highest BCUT2D eigenvalue weighted by molar-refractivity contribution is 5.82. The molecule has 0 spiro atoms. The minimum Gasteiger partial charge on any atom is -0.465 e. The first-order valence-electron chi connectivity index (χ1n) is 8.04. The van der Waals surface area contributed by atoms with Crippen LogP contribution < -0.4 is 4.74 Å². The predicted molar refractivity (Wildman–Crippen MR) is 91.9 cm³/mol. The molecule has 0 bridgehead atoms. The van der Waals surface area contributed by atoms with Crippen molar-refractivity contribution in [3.8, 4) is 11.5 Å². The van der Waals surface area contributed by atoms with E-state index in [9.17, 15) is 4.79 Å². The Labute approximate surface area is 138 Å². The summed E-state index contributed by atoms with van der Waals surface area (Å²) in [7, 11) is 0. The van der Waals surface area contributed by atoms with Crippen molar-refractivity contribution in [1.29, 1.82) is 0 Å². The van der Waals surface area contributed by atoms with Gasteiger partial charge in [0.1, 0.15) is 11.5 Å². The highest BCUT2D eigenvalue weighted by Crippen LogP contribution is 2.30. The minimum absolute atomic E-state index is 0.206. The Hall–Kier alpha value is -2.29. The van der Waals surface area contributed by atoms with E-state index in [0.717, 1.165) is 24.2 Å². The fourth-order valence-electron chi connectivity index (χ4n) is 2.18. The molecule has 0 aromatic heterocycles. The summed E-state index contributed by atoms with van der Waals surface area (Å²) < 4.78 is 11.2. The van der Waals surface area contributed by atoms with Crippen molar-refractivity contribution in [2.24, 2.45) is 0 Å². The summed E-state index contributed by atoms with van der Waals surface area (Å²) >= 11 is 0. The quantitative estimate of drug-likeness (QED) is 0.527. The largest absolute Gasteiger partial charge is 0.465 e. The Balaban J connectivity index is 2.12. The van der Waals surface area contributed by atoms with Gasteiger partial charge in [-0.15, -0.1) is 0 Å². The van der Waals surface area contributed by atoms with Crippen LogP contribution in [0.15, 0.2) is 54.6 Å². The summed E-state index contributed by atoms with van der Waals surface area (Å²) in [6, 6.07) is 17.2. The topological polar surface area (TPSA) is 35.5 Å². The maximum Gasteiger partial charge on any atom is 0.315 e. The standard InChI is InChI=1S/C20H24O3/c1-4-5-14-22-19(21)20(2,3)16-10-9-13-18(15-16)23-17-11-7-6-8-12-17/h6-13,15H,4-5,14H2,1-3H3. The molecule has 0 aliphatic carbocycles. The number of carbonyl (C=O) groups excluding carboxylic acids is 1. The van der Waals surface area contributed by atoms with Gasteiger partial charge in [-0.1, -0.05) is 43.7 Å². The molecule has 2 rings (SSSR count). The van der Waals surface area contributed by atoms with Gasteiger partial charge in [-0.3, -0.25) is 4.79 Å². The molecule has 3 heteroatoms. The van der Waals surface area contributed by atoms with E-state index in [2.05, 4.69) is 6.92 Å². The van der Waals surface area contributed by atoms with E-state index < -0.39 is 5.41 Å². The third-order valence-corrected chi connectivity index (χ3v) is 3.78. The van der Waals surface area contributed by atoms with E-state index in [4.69, 9.17) is 9.47 Å². The third-order valence-electron chi connectivity index (χ3n) is 3.78. The molecule has 2 aromatic carbocycles. The first-order chi connectivity index (χ1) is 11.0. The number of esters is 1. The van der Waals surface area contributed by atoms with Gasteiger partial charge in [0.15, 0.2) is 0 Å². The summed E-state index contributed by atoms with van der Waals surface area (Å²) in [5.41, 5.74) is 0.177. The van der Waals surface area contributed by atoms with Crippen LogP contribution in [0.25, 0.3) is 0 Å². The van der Waals surface area contributed by atoms with Crippen LogP contribution in [0, 0.1) is 0 Å². The Morgan fingerprint density at radius 2 is 1.70 bits per heavy atom. The highest BCUT2D eigenvalue weighted by Gasteiger charge is 2.31. The maximum atomic E-state index is 12.3. The lowest BCUT2D eigenvalue weighted by Gasteiger charge is -2.23. The van der Waals surface area contributed by atoms with Crippen LogP contribution in [0.1, 0.15) is 39.2 Å². The first-order valence-corrected chi connectivity index (χ1v) is 8.04. The van der Waals surface area contributed by atoms with E-state index in [0.29, 0.717) is 12.4 Å². The van der Waals surface area contributed by atoms with Gasteiger partial charge < -0.3 is 9.47 Å². The molecule has 0 fully saturated rings. The average molecular weight is 312 g/mol. The van der Waals surface area contributed by atoms with Crippen molar-refractivity contribution in [3.63, 3.8) is 0 Å². The van der Waals surface area contributed by atoms with Crippen molar-refractivity contribution >= 4 is 5.97 Å². The van der Waals surface area contributed by atoms with E-state index in [1.165, 1.54) is 0 Å². The van der Waals surface area contributed by atoms with Gasteiger partial charge >= 0.3 is 5.97 Å². The fraction of sp³-hybridized carbons (Fsp3) is 0.350. The van der Waals surface area contributed by atoms with Gasteiger partial charge in [0.05, 0.1) is 12.0 Å². The number of benzene rings is 2. The average Bonchev–Trinajstić information content (AvgIpc) is 2.56. The third kappa shape index (κ3) is 4.59. The second-order valence-corrected chi connectivity index (χ2v) is 6.06. The molecule has 0 unspecified atom stereocenters. The Kier molecular flexibility index (Phi) is 5.80. The number of rotatable bonds is 7. The first kappa shape index (κ1) is 17.1. The highest BCUT2D eigenvalue weighted by atomic mass is 16.5. The van der Waals surface area contributed by atoms with Crippen LogP contribution in [-0.4, -0.2) is 12.6 Å². The molecule has 0 aliphatic heterocycles. The van der Waals surface area contributed by atoms with Gasteiger partial charge in [0.2, 0.25) is 0 Å². The van der Waals surface area contributed by atoms with Gasteiger partial charge in [-0.2, -0.15) is 0 Å². The van der Waals surface area contributed by atoms with Crippen molar-refractivity contribution in [2.45, 2.75) is 39.0 Å². The lowest BCUT2D eigenvalue weighted by molar-refractivity contribution is -0.149. The summed E-state index contributed by atoms with van der Waals surface area (Å²) in [6.07, 6.45) is 1.90. The van der Waals surface area contributed by atoms with Crippen molar-refractivity contribution in [2.75, 3.05) is 6.61 Å². The van der Waals surface area contributed by atoms with Crippen LogP contribution >= 0.6 is 0 Å². The fourth-order valence-corrected chi connectivity index (χ4v) is 2.18. The summed E-state index contributed by atoms with van der Waals surface area (Å²) in [5, 5.41) is 0. The monoisotopic (exact) mass is 312 g/mol. The van der Waals surface area contributed by atoms with Gasteiger partial charge in [-0.25, -0.2) is 0 Å². The van der Waals surface area contributed by atoms with Gasteiger partial charge in [0.25, 0.3) is 0 Å². The molecule has 0 atom stereocenters. The maximum absolute atomic E-state index is 12.3. The van der Waals surface area contributed by atoms with Crippen molar-refractivity contribution < 1.29 is 14.3 Å². The smallest absolute Gasteiger partial charge is 0.315 e. The van der Waals surface area contributed by atoms with Crippen LogP contribution in [0.2, 0.25) is 0 Å². The second kappa shape index (κ2) is 7.82. The molecule has 0 heterocycles. The Bertz CT molecular complexity index is 632. The Morgan fingerprint density at radius 3 is 2.39 bits per heavy atom. The number of ether oxygens (including phenoxy) is 2. The van der Waals surface area contributed by atoms with Crippen molar-refractivity contribution in [3.05, 3.63) is 60.2 Å². The van der Waals surface area contributed by atoms with E-state index in [1.54, 1.807) is 0 Å². The molecule has 0 aliphatic rings. The van der Waals surface area contributed by atoms with Gasteiger partial charge in [-0.05, 0) is 50.1 Å². The predicted octanol–water partition coefficient (Wildman–Crippen LogP) is 5.10. The van der Waals surface area contributed by atoms with E-state index in [1.807, 2.05) is 68.4 Å². The number of hydrogen-bond acceptors (Lipinski definition) is 3. The normalized spacial score (nSPS) is 11.1. The van der Waals surface area contributed by atoms with Crippen LogP contribution in [0.3, 0.4) is 0 Å². The molecular weight excluding hydrogens is 288 g/mol. The number of hydrogen-bond donors (Lipinski definition) is 0. The molecule has 122 valence electrons. The summed E-state index contributed by atoms with van der Waals surface area (Å²) in [5.74, 6) is 1.28. The van der Waals surface area contributed by atoms with E-state index >= 15 is 0 Å². The van der Waals surface area contributed by atoms with E-state index in [-0.39, 0.29) is 5.97 Å². The molecule has 3 nitrogen and oxygen atoms in total. The lowest BCUT2D eigenvalue weighted by atomic mass is 9.84. The summed E-state index contributed by atoms with van der Waals surface area (Å²) in [6.45, 7) is 6.30. The zero-order chi connectivity index (χ0) is 16.7. The number of unbranched alkanes of at least 4 members (excludes halogenated alkanes) is 1. The van der Waals surface area contributed by atoms with Crippen molar-refractivity contribution in [1.82, 2.24) is 0 Å². The van der Waals surface area contributed by atoms with Crippen LogP contribution in [0.4, 0.5) is 0 Å². The zero-order valence-corrected chi connectivity index (χ0v) is 14.0. The molecule has 23 heavy (non-hydrogen) atoms. The number of carbonyl (C=O) groups is 1. The minimum atomic E-state index is -0.705. The SMILES string of the molecule is CCCCOC(=O)C(C)(C)c1cccc(Oc2ccccc2)c1. The van der Waals surface area contributed by atoms with Crippen LogP contribution in [0.5, 0.6) is 11.5 Å².